The van der Waals surface area contributed by atoms with Gasteiger partial charge in [-0.05, 0) is 61.4 Å². The Morgan fingerprint density at radius 2 is 1.57 bits per heavy atom. The van der Waals surface area contributed by atoms with E-state index in [-0.39, 0.29) is 10.8 Å². The highest BCUT2D eigenvalue weighted by molar-refractivity contribution is 7.92. The predicted octanol–water partition coefficient (Wildman–Crippen LogP) is 2.81. The van der Waals surface area contributed by atoms with Crippen molar-refractivity contribution in [2.24, 2.45) is 5.92 Å². The Bertz CT molecular complexity index is 970. The SMILES string of the molecule is COC(=O)c1ccc(NS(=O)(=O)c2ccc(O[C@H](C)C(=O)NCC(C)C)cc2)cc1. The van der Waals surface area contributed by atoms with Crippen LogP contribution in [0.15, 0.2) is 53.4 Å². The molecule has 0 bridgehead atoms. The molecule has 0 heterocycles. The summed E-state index contributed by atoms with van der Waals surface area (Å²) >= 11 is 0. The van der Waals surface area contributed by atoms with Crippen LogP contribution in [0.5, 0.6) is 5.75 Å². The molecule has 8 nitrogen and oxygen atoms in total. The minimum atomic E-state index is -3.83. The van der Waals surface area contributed by atoms with E-state index in [1.165, 1.54) is 55.6 Å². The number of esters is 1. The van der Waals surface area contributed by atoms with Gasteiger partial charge in [0.1, 0.15) is 5.75 Å². The average molecular weight is 435 g/mol. The van der Waals surface area contributed by atoms with Gasteiger partial charge in [-0.15, -0.1) is 0 Å². The van der Waals surface area contributed by atoms with Crippen LogP contribution in [0.1, 0.15) is 31.1 Å². The number of amides is 1. The molecule has 0 fully saturated rings. The van der Waals surface area contributed by atoms with Gasteiger partial charge in [-0.1, -0.05) is 13.8 Å². The van der Waals surface area contributed by atoms with Crippen LogP contribution >= 0.6 is 0 Å². The lowest BCUT2D eigenvalue weighted by molar-refractivity contribution is -0.127. The Morgan fingerprint density at radius 1 is 0.967 bits per heavy atom. The Balaban J connectivity index is 2.02. The van der Waals surface area contributed by atoms with Crippen LogP contribution in [0, 0.1) is 5.92 Å². The third-order valence-electron chi connectivity index (χ3n) is 4.06. The molecule has 0 aromatic heterocycles. The van der Waals surface area contributed by atoms with E-state index in [9.17, 15) is 18.0 Å². The van der Waals surface area contributed by atoms with Gasteiger partial charge in [0.05, 0.1) is 17.6 Å². The maximum Gasteiger partial charge on any atom is 0.337 e. The highest BCUT2D eigenvalue weighted by atomic mass is 32.2. The minimum absolute atomic E-state index is 0.0313. The van der Waals surface area contributed by atoms with Crippen molar-refractivity contribution in [1.82, 2.24) is 5.32 Å². The smallest absolute Gasteiger partial charge is 0.337 e. The lowest BCUT2D eigenvalue weighted by Gasteiger charge is -2.16. The Labute approximate surface area is 176 Å². The number of methoxy groups -OCH3 is 1. The summed E-state index contributed by atoms with van der Waals surface area (Å²) in [6.07, 6.45) is -0.711. The van der Waals surface area contributed by atoms with Crippen LogP contribution in [0.25, 0.3) is 0 Å². The van der Waals surface area contributed by atoms with Crippen molar-refractivity contribution in [2.75, 3.05) is 18.4 Å². The van der Waals surface area contributed by atoms with Crippen LogP contribution < -0.4 is 14.8 Å². The number of nitrogens with one attached hydrogen (secondary N) is 2. The lowest BCUT2D eigenvalue weighted by atomic mass is 10.2. The summed E-state index contributed by atoms with van der Waals surface area (Å²) < 4.78 is 37.7. The molecular weight excluding hydrogens is 408 g/mol. The zero-order valence-electron chi connectivity index (χ0n) is 17.3. The molecule has 162 valence electrons. The van der Waals surface area contributed by atoms with Gasteiger partial charge in [0.2, 0.25) is 0 Å². The summed E-state index contributed by atoms with van der Waals surface area (Å²) in [6.45, 7) is 6.16. The van der Waals surface area contributed by atoms with Crippen LogP contribution in [-0.4, -0.2) is 40.1 Å². The van der Waals surface area contributed by atoms with Crippen LogP contribution in [0.4, 0.5) is 5.69 Å². The Kier molecular flexibility index (Phi) is 7.82. The molecule has 2 rings (SSSR count). The molecule has 0 saturated carbocycles. The number of carbonyl (C=O) groups excluding carboxylic acids is 2. The van der Waals surface area contributed by atoms with Gasteiger partial charge in [0.25, 0.3) is 15.9 Å². The third-order valence-corrected chi connectivity index (χ3v) is 5.46. The van der Waals surface area contributed by atoms with Gasteiger partial charge in [-0.3, -0.25) is 9.52 Å². The van der Waals surface area contributed by atoms with Gasteiger partial charge < -0.3 is 14.8 Å². The Hall–Kier alpha value is -3.07. The van der Waals surface area contributed by atoms with Crippen molar-refractivity contribution < 1.29 is 27.5 Å². The monoisotopic (exact) mass is 434 g/mol. The third kappa shape index (κ3) is 6.48. The highest BCUT2D eigenvalue weighted by Crippen LogP contribution is 2.20. The standard InChI is InChI=1S/C21H26N2O6S/c1-14(2)13-22-20(24)15(3)29-18-9-11-19(12-10-18)30(26,27)23-17-7-5-16(6-8-17)21(25)28-4/h5-12,14-15,23H,13H2,1-4H3,(H,22,24)/t15-/m1/s1. The second kappa shape index (κ2) is 10.1. The van der Waals surface area contributed by atoms with Crippen molar-refractivity contribution in [3.63, 3.8) is 0 Å². The normalized spacial score (nSPS) is 12.2. The maximum atomic E-state index is 12.6. The fraction of sp³-hybridized carbons (Fsp3) is 0.333. The molecule has 30 heavy (non-hydrogen) atoms. The number of rotatable bonds is 9. The van der Waals surface area contributed by atoms with Gasteiger partial charge in [-0.2, -0.15) is 0 Å². The molecule has 0 aliphatic carbocycles. The molecule has 0 radical (unpaired) electrons. The fourth-order valence-corrected chi connectivity index (χ4v) is 3.47. The van der Waals surface area contributed by atoms with Gasteiger partial charge in [-0.25, -0.2) is 13.2 Å². The first-order valence-corrected chi connectivity index (χ1v) is 10.9. The summed E-state index contributed by atoms with van der Waals surface area (Å²) in [5.41, 5.74) is 0.618. The van der Waals surface area contributed by atoms with Crippen molar-refractivity contribution in [3.8, 4) is 5.75 Å². The minimum Gasteiger partial charge on any atom is -0.481 e. The summed E-state index contributed by atoms with van der Waals surface area (Å²) in [5.74, 6) is -0.0389. The molecule has 0 aliphatic heterocycles. The van der Waals surface area contributed by atoms with E-state index in [1.54, 1.807) is 6.92 Å². The molecule has 9 heteroatoms. The van der Waals surface area contributed by atoms with E-state index < -0.39 is 22.1 Å². The van der Waals surface area contributed by atoms with Crippen LogP contribution in [0.2, 0.25) is 0 Å². The molecule has 1 amide bonds. The van der Waals surface area contributed by atoms with E-state index in [4.69, 9.17) is 4.74 Å². The summed E-state index contributed by atoms with van der Waals surface area (Å²) in [5, 5.41) is 2.78. The number of hydrogen-bond acceptors (Lipinski definition) is 6. The molecule has 0 spiro atoms. The van der Waals surface area contributed by atoms with Crippen LogP contribution in [0.3, 0.4) is 0 Å². The zero-order chi connectivity index (χ0) is 22.3. The second-order valence-corrected chi connectivity index (χ2v) is 8.73. The van der Waals surface area contributed by atoms with Crippen molar-refractivity contribution in [2.45, 2.75) is 31.8 Å². The number of sulfonamides is 1. The molecule has 2 N–H and O–H groups in total. The number of carbonyl (C=O) groups is 2. The summed E-state index contributed by atoms with van der Waals surface area (Å²) in [4.78, 5) is 23.5. The van der Waals surface area contributed by atoms with Gasteiger partial charge >= 0.3 is 5.97 Å². The molecular formula is C21H26N2O6S. The summed E-state index contributed by atoms with van der Waals surface area (Å²) in [7, 11) is -2.56. The van der Waals surface area contributed by atoms with Crippen LogP contribution in [-0.2, 0) is 19.6 Å². The molecule has 0 saturated heterocycles. The number of hydrogen-bond donors (Lipinski definition) is 2. The molecule has 2 aromatic carbocycles. The van der Waals surface area contributed by atoms with E-state index >= 15 is 0 Å². The predicted molar refractivity (Wildman–Crippen MR) is 113 cm³/mol. The molecule has 1 atom stereocenters. The van der Waals surface area contributed by atoms with Gasteiger partial charge in [0, 0.05) is 12.2 Å². The average Bonchev–Trinajstić information content (AvgIpc) is 2.72. The van der Waals surface area contributed by atoms with E-state index in [0.717, 1.165) is 0 Å². The molecule has 2 aromatic rings. The van der Waals surface area contributed by atoms with E-state index in [0.29, 0.717) is 29.5 Å². The zero-order valence-corrected chi connectivity index (χ0v) is 18.2. The molecule has 0 unspecified atom stereocenters. The van der Waals surface area contributed by atoms with E-state index in [1.807, 2.05) is 13.8 Å². The van der Waals surface area contributed by atoms with Crippen molar-refractivity contribution in [1.29, 1.82) is 0 Å². The Morgan fingerprint density at radius 3 is 2.10 bits per heavy atom. The summed E-state index contributed by atoms with van der Waals surface area (Å²) in [6, 6.07) is 11.6. The molecule has 0 aliphatic rings. The largest absolute Gasteiger partial charge is 0.481 e. The number of ether oxygens (including phenoxy) is 2. The highest BCUT2D eigenvalue weighted by Gasteiger charge is 2.17. The number of benzene rings is 2. The second-order valence-electron chi connectivity index (χ2n) is 7.04. The first-order valence-electron chi connectivity index (χ1n) is 9.38. The van der Waals surface area contributed by atoms with Crippen molar-refractivity contribution >= 4 is 27.6 Å². The fourth-order valence-electron chi connectivity index (χ4n) is 2.41. The lowest BCUT2D eigenvalue weighted by Crippen LogP contribution is -2.38. The number of anilines is 1. The topological polar surface area (TPSA) is 111 Å². The van der Waals surface area contributed by atoms with E-state index in [2.05, 4.69) is 14.8 Å². The maximum absolute atomic E-state index is 12.6. The first kappa shape index (κ1) is 23.2. The first-order chi connectivity index (χ1) is 14.1. The van der Waals surface area contributed by atoms with Crippen molar-refractivity contribution in [3.05, 3.63) is 54.1 Å². The van der Waals surface area contributed by atoms with Gasteiger partial charge in [0.15, 0.2) is 6.10 Å². The quantitative estimate of drug-likeness (QED) is 0.587.